The fourth-order valence-electron chi connectivity index (χ4n) is 7.09. The van der Waals surface area contributed by atoms with Gasteiger partial charge < -0.3 is 24.2 Å². The minimum absolute atomic E-state index is 0.00474. The number of pyridine rings is 1. The first-order valence-electron chi connectivity index (χ1n) is 16.8. The molecule has 3 aliphatic rings. The molecule has 6 rings (SSSR count). The maximum atomic E-state index is 14.4. The number of aromatic nitrogens is 1. The maximum Gasteiger partial charge on any atom is 0.410 e. The maximum absolute atomic E-state index is 14.4. The lowest BCUT2D eigenvalue weighted by molar-refractivity contribution is -0.142. The number of piperazine rings is 1. The van der Waals surface area contributed by atoms with Crippen LogP contribution in [0.15, 0.2) is 54.7 Å². The Labute approximate surface area is 287 Å². The van der Waals surface area contributed by atoms with E-state index in [0.29, 0.717) is 32.6 Å². The molecule has 2 atom stereocenters. The number of fused-ring (bicyclic) bond motifs is 2. The Bertz CT molecular complexity index is 1750. The number of amides is 3. The molecule has 11 heteroatoms. The van der Waals surface area contributed by atoms with Gasteiger partial charge in [0.25, 0.3) is 0 Å². The third-order valence-electron chi connectivity index (χ3n) is 9.57. The van der Waals surface area contributed by atoms with Crippen molar-refractivity contribution < 1.29 is 28.2 Å². The molecule has 1 saturated heterocycles. The predicted molar refractivity (Wildman–Crippen MR) is 184 cm³/mol. The molecule has 0 unspecified atom stereocenters. The van der Waals surface area contributed by atoms with Crippen LogP contribution in [0, 0.1) is 5.82 Å². The van der Waals surface area contributed by atoms with Crippen molar-refractivity contribution in [2.45, 2.75) is 84.2 Å². The molecule has 2 aromatic carbocycles. The lowest BCUT2D eigenvalue weighted by atomic mass is 9.91. The Balaban J connectivity index is 1.25. The van der Waals surface area contributed by atoms with Crippen molar-refractivity contribution in [1.29, 1.82) is 0 Å². The van der Waals surface area contributed by atoms with Crippen molar-refractivity contribution in [3.63, 3.8) is 0 Å². The molecule has 10 nitrogen and oxygen atoms in total. The van der Waals surface area contributed by atoms with Crippen LogP contribution in [0.5, 0.6) is 5.75 Å². The summed E-state index contributed by atoms with van der Waals surface area (Å²) in [6, 6.07) is 13.1. The molecule has 0 saturated carbocycles. The number of anilines is 1. The summed E-state index contributed by atoms with van der Waals surface area (Å²) < 4.78 is 24.6. The molecule has 0 spiro atoms. The Hall–Kier alpha value is -4.51. The van der Waals surface area contributed by atoms with Gasteiger partial charge in [-0.25, -0.2) is 9.18 Å². The van der Waals surface area contributed by atoms with E-state index in [1.165, 1.54) is 12.1 Å². The molecular formula is C38H46FN5O5. The van der Waals surface area contributed by atoms with Crippen molar-refractivity contribution in [1.82, 2.24) is 19.7 Å². The fraction of sp³-hybridized carbons (Fsp3) is 0.474. The molecule has 3 aromatic rings. The molecule has 0 aliphatic carbocycles. The van der Waals surface area contributed by atoms with Gasteiger partial charge in [0.05, 0.1) is 25.0 Å². The number of ether oxygens (including phenoxy) is 2. The van der Waals surface area contributed by atoms with Gasteiger partial charge in [-0.3, -0.25) is 19.5 Å². The van der Waals surface area contributed by atoms with Crippen LogP contribution in [0.3, 0.4) is 0 Å². The fourth-order valence-corrected chi connectivity index (χ4v) is 7.09. The average molecular weight is 672 g/mol. The van der Waals surface area contributed by atoms with E-state index >= 15 is 0 Å². The Kier molecular flexibility index (Phi) is 9.17. The van der Waals surface area contributed by atoms with Crippen LogP contribution >= 0.6 is 0 Å². The van der Waals surface area contributed by atoms with Gasteiger partial charge in [0.1, 0.15) is 23.2 Å². The van der Waals surface area contributed by atoms with E-state index in [1.54, 1.807) is 33.9 Å². The van der Waals surface area contributed by atoms with Crippen LogP contribution < -0.4 is 9.64 Å². The van der Waals surface area contributed by atoms with Crippen LogP contribution in [-0.2, 0) is 39.3 Å². The molecule has 3 aliphatic heterocycles. The summed E-state index contributed by atoms with van der Waals surface area (Å²) in [7, 11) is 1.62. The number of halogens is 1. The highest BCUT2D eigenvalue weighted by atomic mass is 19.1. The third kappa shape index (κ3) is 7.27. The van der Waals surface area contributed by atoms with Crippen LogP contribution in [0.1, 0.15) is 69.5 Å². The van der Waals surface area contributed by atoms with E-state index in [4.69, 9.17) is 14.5 Å². The van der Waals surface area contributed by atoms with Crippen molar-refractivity contribution in [2.75, 3.05) is 38.2 Å². The van der Waals surface area contributed by atoms with E-state index in [1.807, 2.05) is 63.1 Å². The molecule has 0 radical (unpaired) electrons. The van der Waals surface area contributed by atoms with Crippen LogP contribution in [0.4, 0.5) is 14.9 Å². The van der Waals surface area contributed by atoms with E-state index in [0.717, 1.165) is 39.4 Å². The zero-order valence-corrected chi connectivity index (χ0v) is 29.5. The lowest BCUT2D eigenvalue weighted by Crippen LogP contribution is -2.64. The summed E-state index contributed by atoms with van der Waals surface area (Å²) >= 11 is 0. The van der Waals surface area contributed by atoms with E-state index < -0.39 is 17.7 Å². The van der Waals surface area contributed by atoms with Gasteiger partial charge in [-0.1, -0.05) is 32.0 Å². The number of carbonyl (C=O) groups is 3. The first-order valence-corrected chi connectivity index (χ1v) is 16.8. The number of benzene rings is 2. The second-order valence-corrected chi connectivity index (χ2v) is 15.1. The molecule has 0 N–H and O–H groups in total. The van der Waals surface area contributed by atoms with Crippen molar-refractivity contribution in [2.24, 2.45) is 0 Å². The number of rotatable bonds is 6. The monoisotopic (exact) mass is 671 g/mol. The molecule has 260 valence electrons. The second kappa shape index (κ2) is 13.1. The van der Waals surface area contributed by atoms with Crippen LogP contribution in [-0.4, -0.2) is 88.6 Å². The number of carbonyl (C=O) groups excluding carboxylic acids is 3. The highest BCUT2D eigenvalue weighted by molar-refractivity contribution is 5.98. The van der Waals surface area contributed by atoms with Gasteiger partial charge >= 0.3 is 6.09 Å². The van der Waals surface area contributed by atoms with Crippen LogP contribution in [0.25, 0.3) is 0 Å². The normalized spacial score (nSPS) is 20.2. The molecule has 3 amide bonds. The zero-order chi connectivity index (χ0) is 35.2. The number of nitrogens with zero attached hydrogens (tertiary/aromatic N) is 5. The Morgan fingerprint density at radius 2 is 1.69 bits per heavy atom. The first kappa shape index (κ1) is 34.4. The van der Waals surface area contributed by atoms with Gasteiger partial charge in [-0.05, 0) is 86.7 Å². The quantitative estimate of drug-likeness (QED) is 0.351. The third-order valence-corrected chi connectivity index (χ3v) is 9.57. The van der Waals surface area contributed by atoms with Gasteiger partial charge in [0, 0.05) is 50.4 Å². The summed E-state index contributed by atoms with van der Waals surface area (Å²) in [6.07, 6.45) is 1.90. The SMILES string of the molecule is COc1ccc2c(c1)CN(C(=O)[C@@H]1CN(C(=O)OC(C)(C)C)[C@H](C)CN1CC(=O)N1CC(C)(C)c3ncc(Cc4ccc(F)cc4)cc31)C2. The summed E-state index contributed by atoms with van der Waals surface area (Å²) in [4.78, 5) is 53.9. The molecular weight excluding hydrogens is 625 g/mol. The second-order valence-electron chi connectivity index (χ2n) is 15.1. The van der Waals surface area contributed by atoms with Gasteiger partial charge in [0.2, 0.25) is 11.8 Å². The number of hydrogen-bond donors (Lipinski definition) is 0. The summed E-state index contributed by atoms with van der Waals surface area (Å²) in [5, 5.41) is 0. The lowest BCUT2D eigenvalue weighted by Gasteiger charge is -2.45. The predicted octanol–water partition coefficient (Wildman–Crippen LogP) is 5.30. The van der Waals surface area contributed by atoms with Gasteiger partial charge in [0.15, 0.2) is 0 Å². The zero-order valence-electron chi connectivity index (χ0n) is 29.5. The minimum atomic E-state index is -0.748. The van der Waals surface area contributed by atoms with E-state index in [9.17, 15) is 18.8 Å². The topological polar surface area (TPSA) is 95.5 Å². The summed E-state index contributed by atoms with van der Waals surface area (Å²) in [5.74, 6) is 0.153. The van der Waals surface area contributed by atoms with E-state index in [2.05, 4.69) is 13.8 Å². The molecule has 4 heterocycles. The largest absolute Gasteiger partial charge is 0.497 e. The summed E-state index contributed by atoms with van der Waals surface area (Å²) in [5.41, 5.74) is 4.44. The minimum Gasteiger partial charge on any atom is -0.497 e. The standard InChI is InChI=1S/C38H46FN5O5/c1-24-18-41(22-33(45)44-23-38(5,6)34-31(44)15-26(17-40-34)14-25-8-11-29(39)12-9-25)32(21-43(24)36(47)49-37(2,3)4)35(46)42-19-27-10-13-30(48-7)16-28(27)20-42/h8-13,15-17,24,32H,14,18-23H2,1-7H3/t24-,32+/m1/s1. The molecule has 0 bridgehead atoms. The smallest absolute Gasteiger partial charge is 0.410 e. The van der Waals surface area contributed by atoms with Gasteiger partial charge in [-0.2, -0.15) is 0 Å². The highest BCUT2D eigenvalue weighted by Crippen LogP contribution is 2.40. The van der Waals surface area contributed by atoms with Gasteiger partial charge in [-0.15, -0.1) is 0 Å². The first-order chi connectivity index (χ1) is 23.1. The van der Waals surface area contributed by atoms with Crippen molar-refractivity contribution in [3.05, 3.63) is 88.5 Å². The van der Waals surface area contributed by atoms with E-state index in [-0.39, 0.29) is 42.2 Å². The Morgan fingerprint density at radius 3 is 2.39 bits per heavy atom. The average Bonchev–Trinajstić information content (AvgIpc) is 3.58. The molecule has 49 heavy (non-hydrogen) atoms. The highest BCUT2D eigenvalue weighted by Gasteiger charge is 2.45. The molecule has 1 aromatic heterocycles. The number of methoxy groups -OCH3 is 1. The van der Waals surface area contributed by atoms with Crippen molar-refractivity contribution >= 4 is 23.6 Å². The van der Waals surface area contributed by atoms with Crippen molar-refractivity contribution in [3.8, 4) is 5.75 Å². The Morgan fingerprint density at radius 1 is 0.980 bits per heavy atom. The van der Waals surface area contributed by atoms with Crippen LogP contribution in [0.2, 0.25) is 0 Å². The summed E-state index contributed by atoms with van der Waals surface area (Å²) in [6.45, 7) is 13.2. The number of hydrogen-bond acceptors (Lipinski definition) is 7. The molecule has 1 fully saturated rings.